The molecule has 0 heterocycles. The Morgan fingerprint density at radius 3 is 2.71 bits per heavy atom. The largest absolute Gasteiger partial charge is 0.396 e. The van der Waals surface area contributed by atoms with E-state index in [1.54, 1.807) is 0 Å². The van der Waals surface area contributed by atoms with Gasteiger partial charge in [0.15, 0.2) is 0 Å². The molecule has 0 amide bonds. The Labute approximate surface area is 99.1 Å². The van der Waals surface area contributed by atoms with Crippen LogP contribution < -0.4 is 5.32 Å². The Hall–Kier alpha value is -1.04. The third-order valence-corrected chi connectivity index (χ3v) is 2.42. The highest BCUT2D eigenvalue weighted by Gasteiger charge is 2.13. The summed E-state index contributed by atoms with van der Waals surface area (Å²) in [6, 6.07) is 3.01. The Kier molecular flexibility index (Phi) is 6.04. The summed E-state index contributed by atoms with van der Waals surface area (Å²) in [6.45, 7) is 0.906. The molecule has 0 saturated heterocycles. The van der Waals surface area contributed by atoms with Crippen LogP contribution in [0.3, 0.4) is 0 Å². The molecule has 0 aliphatic rings. The molecule has 0 bridgehead atoms. The van der Waals surface area contributed by atoms with Crippen molar-refractivity contribution in [2.24, 2.45) is 0 Å². The first-order valence-corrected chi connectivity index (χ1v) is 5.59. The second-order valence-electron chi connectivity index (χ2n) is 3.82. The minimum atomic E-state index is -1.07. The van der Waals surface area contributed by atoms with Crippen LogP contribution in [0.25, 0.3) is 0 Å². The molecule has 3 nitrogen and oxygen atoms in total. The lowest BCUT2D eigenvalue weighted by atomic mass is 10.1. The number of aliphatic hydroxyl groups is 2. The Morgan fingerprint density at radius 2 is 2.00 bits per heavy atom. The first-order chi connectivity index (χ1) is 8.15. The summed E-state index contributed by atoms with van der Waals surface area (Å²) < 4.78 is 26.1. The van der Waals surface area contributed by atoms with Crippen molar-refractivity contribution in [2.75, 3.05) is 19.7 Å². The molecule has 0 aliphatic heterocycles. The number of halogens is 2. The maximum absolute atomic E-state index is 13.3. The Bertz CT molecular complexity index is 347. The molecule has 0 radical (unpaired) electrons. The highest BCUT2D eigenvalue weighted by Crippen LogP contribution is 2.17. The van der Waals surface area contributed by atoms with E-state index in [9.17, 15) is 13.9 Å². The highest BCUT2D eigenvalue weighted by molar-refractivity contribution is 5.21. The van der Waals surface area contributed by atoms with Crippen molar-refractivity contribution >= 4 is 0 Å². The minimum absolute atomic E-state index is 0.0420. The molecule has 1 atom stereocenters. The van der Waals surface area contributed by atoms with Gasteiger partial charge in [-0.15, -0.1) is 0 Å². The van der Waals surface area contributed by atoms with Gasteiger partial charge in [0, 0.05) is 18.7 Å². The zero-order valence-electron chi connectivity index (χ0n) is 9.50. The zero-order chi connectivity index (χ0) is 12.7. The van der Waals surface area contributed by atoms with Gasteiger partial charge in [-0.05, 0) is 37.6 Å². The summed E-state index contributed by atoms with van der Waals surface area (Å²) in [5.74, 6) is -1.18. The molecule has 0 saturated carbocycles. The summed E-state index contributed by atoms with van der Waals surface area (Å²) in [6.07, 6.45) is 0.381. The van der Waals surface area contributed by atoms with E-state index >= 15 is 0 Å². The first kappa shape index (κ1) is 14.0. The molecule has 0 spiro atoms. The van der Waals surface area contributed by atoms with Crippen molar-refractivity contribution in [3.8, 4) is 0 Å². The third-order valence-electron chi connectivity index (χ3n) is 2.42. The van der Waals surface area contributed by atoms with Gasteiger partial charge in [-0.1, -0.05) is 0 Å². The molecule has 0 fully saturated rings. The number of rotatable bonds is 7. The van der Waals surface area contributed by atoms with Crippen molar-refractivity contribution in [3.05, 3.63) is 35.4 Å². The topological polar surface area (TPSA) is 52.5 Å². The quantitative estimate of drug-likeness (QED) is 0.636. The predicted octanol–water partition coefficient (Wildman–Crippen LogP) is 1.36. The normalized spacial score (nSPS) is 12.7. The molecular weight excluding hydrogens is 228 g/mol. The third kappa shape index (κ3) is 4.77. The molecule has 0 aliphatic carbocycles. The van der Waals surface area contributed by atoms with Crippen LogP contribution in [-0.4, -0.2) is 29.9 Å². The summed E-state index contributed by atoms with van der Waals surface area (Å²) in [7, 11) is 0. The summed E-state index contributed by atoms with van der Waals surface area (Å²) in [4.78, 5) is 0. The van der Waals surface area contributed by atoms with Crippen LogP contribution in [0.5, 0.6) is 0 Å². The maximum Gasteiger partial charge on any atom is 0.129 e. The van der Waals surface area contributed by atoms with E-state index in [1.165, 1.54) is 0 Å². The van der Waals surface area contributed by atoms with Crippen LogP contribution in [0.15, 0.2) is 18.2 Å². The van der Waals surface area contributed by atoms with Crippen LogP contribution in [0.2, 0.25) is 0 Å². The van der Waals surface area contributed by atoms with Crippen molar-refractivity contribution in [1.82, 2.24) is 5.32 Å². The van der Waals surface area contributed by atoms with Gasteiger partial charge in [0.1, 0.15) is 11.6 Å². The average molecular weight is 245 g/mol. The average Bonchev–Trinajstić information content (AvgIpc) is 2.32. The van der Waals surface area contributed by atoms with E-state index in [-0.39, 0.29) is 18.7 Å². The van der Waals surface area contributed by atoms with Gasteiger partial charge in [-0.3, -0.25) is 0 Å². The van der Waals surface area contributed by atoms with Gasteiger partial charge in [-0.2, -0.15) is 0 Å². The van der Waals surface area contributed by atoms with Gasteiger partial charge in [-0.25, -0.2) is 8.78 Å². The molecule has 0 aromatic heterocycles. The number of benzene rings is 1. The van der Waals surface area contributed by atoms with Crippen LogP contribution in [0.1, 0.15) is 24.5 Å². The molecule has 17 heavy (non-hydrogen) atoms. The summed E-state index contributed by atoms with van der Waals surface area (Å²) in [5.41, 5.74) is -0.0420. The number of nitrogens with one attached hydrogen (secondary N) is 1. The first-order valence-electron chi connectivity index (χ1n) is 5.59. The van der Waals surface area contributed by atoms with Crippen molar-refractivity contribution in [2.45, 2.75) is 18.9 Å². The smallest absolute Gasteiger partial charge is 0.129 e. The standard InChI is InChI=1S/C12H17F2NO2/c13-9-3-4-11(14)10(7-9)12(17)8-15-5-1-2-6-16/h3-4,7,12,15-17H,1-2,5-6,8H2. The van der Waals surface area contributed by atoms with Gasteiger partial charge in [0.05, 0.1) is 6.10 Å². The number of unbranched alkanes of at least 4 members (excludes halogenated alkanes) is 1. The molecule has 96 valence electrons. The van der Waals surface area contributed by atoms with E-state index in [1.807, 2.05) is 0 Å². The maximum atomic E-state index is 13.3. The SMILES string of the molecule is OCCCCNCC(O)c1cc(F)ccc1F. The van der Waals surface area contributed by atoms with Crippen LogP contribution in [-0.2, 0) is 0 Å². The lowest BCUT2D eigenvalue weighted by Crippen LogP contribution is -2.23. The van der Waals surface area contributed by atoms with Gasteiger partial charge in [0.2, 0.25) is 0 Å². The predicted molar refractivity (Wildman–Crippen MR) is 60.5 cm³/mol. The van der Waals surface area contributed by atoms with E-state index in [4.69, 9.17) is 5.11 Å². The van der Waals surface area contributed by atoms with Crippen molar-refractivity contribution < 1.29 is 19.0 Å². The van der Waals surface area contributed by atoms with E-state index in [0.717, 1.165) is 24.6 Å². The van der Waals surface area contributed by atoms with Crippen molar-refractivity contribution in [3.63, 3.8) is 0 Å². The molecule has 1 aromatic carbocycles. The molecule has 1 aromatic rings. The van der Waals surface area contributed by atoms with Crippen LogP contribution in [0, 0.1) is 11.6 Å². The molecule has 3 N–H and O–H groups in total. The van der Waals surface area contributed by atoms with Gasteiger partial charge < -0.3 is 15.5 Å². The van der Waals surface area contributed by atoms with Gasteiger partial charge in [0.25, 0.3) is 0 Å². The van der Waals surface area contributed by atoms with Crippen LogP contribution in [0.4, 0.5) is 8.78 Å². The number of hydrogen-bond donors (Lipinski definition) is 3. The van der Waals surface area contributed by atoms with E-state index < -0.39 is 17.7 Å². The molecular formula is C12H17F2NO2. The van der Waals surface area contributed by atoms with Crippen molar-refractivity contribution in [1.29, 1.82) is 0 Å². The zero-order valence-corrected chi connectivity index (χ0v) is 9.50. The summed E-state index contributed by atoms with van der Waals surface area (Å²) in [5, 5.41) is 21.1. The second kappa shape index (κ2) is 7.32. The van der Waals surface area contributed by atoms with Crippen LogP contribution >= 0.6 is 0 Å². The lowest BCUT2D eigenvalue weighted by molar-refractivity contribution is 0.169. The van der Waals surface area contributed by atoms with Gasteiger partial charge >= 0.3 is 0 Å². The monoisotopic (exact) mass is 245 g/mol. The number of aliphatic hydroxyl groups excluding tert-OH is 2. The van der Waals surface area contributed by atoms with E-state index in [0.29, 0.717) is 13.0 Å². The Balaban J connectivity index is 2.41. The fourth-order valence-electron chi connectivity index (χ4n) is 1.48. The highest BCUT2D eigenvalue weighted by atomic mass is 19.1. The van der Waals surface area contributed by atoms with E-state index in [2.05, 4.69) is 5.32 Å². The Morgan fingerprint density at radius 1 is 1.24 bits per heavy atom. The molecule has 5 heteroatoms. The fraction of sp³-hybridized carbons (Fsp3) is 0.500. The molecule has 1 rings (SSSR count). The minimum Gasteiger partial charge on any atom is -0.396 e. The summed E-state index contributed by atoms with van der Waals surface area (Å²) >= 11 is 0. The molecule has 1 unspecified atom stereocenters. The second-order valence-corrected chi connectivity index (χ2v) is 3.82. The lowest BCUT2D eigenvalue weighted by Gasteiger charge is -2.13. The fourth-order valence-corrected chi connectivity index (χ4v) is 1.48. The number of hydrogen-bond acceptors (Lipinski definition) is 3.